The van der Waals surface area contributed by atoms with Crippen molar-refractivity contribution in [3.63, 3.8) is 0 Å². The van der Waals surface area contributed by atoms with Crippen LogP contribution in [0.2, 0.25) is 0 Å². The van der Waals surface area contributed by atoms with Crippen molar-refractivity contribution in [3.05, 3.63) is 110 Å². The summed E-state index contributed by atoms with van der Waals surface area (Å²) in [4.78, 5) is 8.18. The van der Waals surface area contributed by atoms with Gasteiger partial charge in [0.25, 0.3) is 0 Å². The van der Waals surface area contributed by atoms with E-state index in [2.05, 4.69) is 160 Å². The lowest BCUT2D eigenvalue weighted by Gasteiger charge is -2.38. The number of unbranched alkanes of at least 4 members (excludes halogenated alkanes) is 24. The number of aromatic nitrogens is 1. The number of rotatable bonds is 37. The van der Waals surface area contributed by atoms with Crippen molar-refractivity contribution in [2.45, 2.75) is 240 Å². The van der Waals surface area contributed by atoms with E-state index in [-0.39, 0.29) is 5.57 Å². The summed E-state index contributed by atoms with van der Waals surface area (Å²) in [6, 6.07) is 33.3. The summed E-state index contributed by atoms with van der Waals surface area (Å²) >= 11 is 7.79. The van der Waals surface area contributed by atoms with Crippen LogP contribution in [0.15, 0.2) is 98.4 Å². The zero-order chi connectivity index (χ0) is 53.7. The van der Waals surface area contributed by atoms with Gasteiger partial charge in [0.15, 0.2) is 0 Å². The Bertz CT molecular complexity index is 2690. The Balaban J connectivity index is 1.53. The summed E-state index contributed by atoms with van der Waals surface area (Å²) in [5, 5.41) is 25.0. The van der Waals surface area contributed by atoms with Crippen LogP contribution >= 0.6 is 31.9 Å². The van der Waals surface area contributed by atoms with E-state index >= 15 is 0 Å². The van der Waals surface area contributed by atoms with Crippen molar-refractivity contribution in [1.29, 1.82) is 10.5 Å². The number of anilines is 2. The minimum Gasteiger partial charge on any atom is -0.340 e. The van der Waals surface area contributed by atoms with Crippen LogP contribution in [0, 0.1) is 34.5 Å². The molecule has 6 rings (SSSR count). The van der Waals surface area contributed by atoms with Gasteiger partial charge in [-0.05, 0) is 98.2 Å². The average Bonchev–Trinajstić information content (AvgIpc) is 3.62. The molecule has 0 spiro atoms. The Morgan fingerprint density at radius 3 is 1.39 bits per heavy atom. The second-order valence-electron chi connectivity index (χ2n) is 22.6. The van der Waals surface area contributed by atoms with Crippen molar-refractivity contribution in [1.82, 2.24) is 4.57 Å². The average molecular weight is 1150 g/mol. The van der Waals surface area contributed by atoms with Crippen LogP contribution in [-0.4, -0.2) is 11.1 Å². The Morgan fingerprint density at radius 2 is 0.895 bits per heavy atom. The number of benzene rings is 4. The van der Waals surface area contributed by atoms with E-state index in [0.717, 1.165) is 77.4 Å². The fraction of sp³-hybridized carbons (Fsp3) is 0.580. The number of pyridine rings is 1. The molecule has 0 aliphatic carbocycles. The molecule has 7 heteroatoms. The second-order valence-corrected chi connectivity index (χ2v) is 24.4. The van der Waals surface area contributed by atoms with E-state index in [1.54, 1.807) is 0 Å². The maximum Gasteiger partial charge on any atom is 0.138 e. The second kappa shape index (κ2) is 34.7. The van der Waals surface area contributed by atoms with Crippen LogP contribution in [0.5, 0.6) is 0 Å². The van der Waals surface area contributed by atoms with E-state index in [1.807, 2.05) is 0 Å². The predicted octanol–water partition coefficient (Wildman–Crippen LogP) is 22.6. The number of halogens is 2. The van der Waals surface area contributed by atoms with Gasteiger partial charge in [0.05, 0.1) is 22.1 Å². The minimum atomic E-state index is 0.156. The van der Waals surface area contributed by atoms with E-state index in [9.17, 15) is 10.5 Å². The Morgan fingerprint density at radius 1 is 0.461 bits per heavy atom. The number of hydrogen-bond acceptors (Lipinski definition) is 4. The molecular formula is C69H95Br2N5. The highest BCUT2D eigenvalue weighted by Crippen LogP contribution is 2.49. The van der Waals surface area contributed by atoms with Crippen molar-refractivity contribution in [3.8, 4) is 12.1 Å². The molecule has 0 N–H and O–H groups in total. The highest BCUT2D eigenvalue weighted by Gasteiger charge is 2.32. The molecule has 2 unspecified atom stereocenters. The van der Waals surface area contributed by atoms with Gasteiger partial charge in [0, 0.05) is 60.9 Å². The van der Waals surface area contributed by atoms with Gasteiger partial charge in [-0.2, -0.15) is 10.5 Å². The van der Waals surface area contributed by atoms with Crippen LogP contribution in [0.4, 0.5) is 17.1 Å². The Kier molecular flexibility index (Phi) is 27.8. The van der Waals surface area contributed by atoms with Crippen molar-refractivity contribution < 1.29 is 0 Å². The van der Waals surface area contributed by atoms with Gasteiger partial charge in [-0.15, -0.1) is 0 Å². The van der Waals surface area contributed by atoms with Gasteiger partial charge >= 0.3 is 0 Å². The summed E-state index contributed by atoms with van der Waals surface area (Å²) in [7, 11) is 0. The number of fused-ring (bicyclic) bond motifs is 4. The Hall–Kier alpha value is -4.17. The van der Waals surface area contributed by atoms with Gasteiger partial charge in [0.1, 0.15) is 17.7 Å². The lowest BCUT2D eigenvalue weighted by atomic mass is 9.85. The third-order valence-electron chi connectivity index (χ3n) is 16.5. The van der Waals surface area contributed by atoms with Crippen molar-refractivity contribution >= 4 is 76.3 Å². The quantitative estimate of drug-likeness (QED) is 0.0226. The zero-order valence-corrected chi connectivity index (χ0v) is 50.9. The molecule has 1 aliphatic heterocycles. The maximum atomic E-state index is 10.9. The van der Waals surface area contributed by atoms with Crippen LogP contribution in [-0.2, 0) is 6.54 Å². The van der Waals surface area contributed by atoms with Gasteiger partial charge in [-0.25, -0.2) is 4.99 Å². The lowest BCUT2D eigenvalue weighted by Crippen LogP contribution is -2.30. The topological polar surface area (TPSA) is 68.1 Å². The predicted molar refractivity (Wildman–Crippen MR) is 335 cm³/mol. The normalized spacial score (nSPS) is 13.2. The largest absolute Gasteiger partial charge is 0.340 e. The highest BCUT2D eigenvalue weighted by atomic mass is 79.9. The smallest absolute Gasteiger partial charge is 0.138 e. The number of nitrogens with zero attached hydrogens (tertiary/aromatic N) is 5. The fourth-order valence-corrected chi connectivity index (χ4v) is 12.8. The molecule has 5 aromatic rings. The standard InChI is InChI=1S/C69H95Br2N5/c1-5-9-13-17-21-23-27-32-38-54(36-30-25-19-15-11-7-3)52-75-64-44-42-57(70)46-60(64)68(56(50-72)51-73)61-48-67-63(49-66(61)75)69(74-59-40-34-29-35-41-59)62-47-58(71)43-45-65(62)76(67)53-55(37-31-26-20-16-12-8-4)39-33-28-24-22-18-14-10-6-2/h29,34-35,40-49,54-55H,5-28,30-33,36-39,52-53H2,1-4H3. The molecule has 0 fully saturated rings. The number of hydrogen-bond donors (Lipinski definition) is 0. The first kappa shape index (κ1) is 61.0. The summed E-state index contributed by atoms with van der Waals surface area (Å²) < 4.78 is 4.60. The van der Waals surface area contributed by atoms with Crippen LogP contribution < -0.4 is 10.3 Å². The third kappa shape index (κ3) is 18.5. The molecule has 2 heterocycles. The highest BCUT2D eigenvalue weighted by molar-refractivity contribution is 9.10. The minimum absolute atomic E-state index is 0.156. The molecule has 0 saturated heterocycles. The molecule has 1 aromatic heterocycles. The van der Waals surface area contributed by atoms with E-state index in [1.165, 1.54) is 211 Å². The first-order valence-electron chi connectivity index (χ1n) is 30.9. The fourth-order valence-electron chi connectivity index (χ4n) is 12.1. The number of para-hydroxylation sites is 1. The molecular weight excluding hydrogens is 1060 g/mol. The maximum absolute atomic E-state index is 10.9. The first-order valence-corrected chi connectivity index (χ1v) is 32.5. The molecule has 5 nitrogen and oxygen atoms in total. The van der Waals surface area contributed by atoms with Gasteiger partial charge in [-0.3, -0.25) is 0 Å². The van der Waals surface area contributed by atoms with Gasteiger partial charge in [0.2, 0.25) is 0 Å². The third-order valence-corrected chi connectivity index (χ3v) is 17.4. The first-order chi connectivity index (χ1) is 37.3. The van der Waals surface area contributed by atoms with Crippen LogP contribution in [0.3, 0.4) is 0 Å². The van der Waals surface area contributed by atoms with E-state index in [4.69, 9.17) is 4.99 Å². The monoisotopic (exact) mass is 1150 g/mol. The molecule has 2 atom stereocenters. The van der Waals surface area contributed by atoms with E-state index < -0.39 is 0 Å². The summed E-state index contributed by atoms with van der Waals surface area (Å²) in [5.74, 6) is 1.00. The molecule has 0 amide bonds. The molecule has 4 aromatic carbocycles. The Labute approximate surface area is 478 Å². The summed E-state index contributed by atoms with van der Waals surface area (Å²) in [5.41, 5.74) is 8.14. The molecule has 76 heavy (non-hydrogen) atoms. The number of nitriles is 2. The van der Waals surface area contributed by atoms with Crippen LogP contribution in [0.25, 0.3) is 27.4 Å². The lowest BCUT2D eigenvalue weighted by molar-refractivity contribution is 0.364. The molecule has 0 radical (unpaired) electrons. The molecule has 1 aliphatic rings. The molecule has 0 saturated carbocycles. The van der Waals surface area contributed by atoms with Gasteiger partial charge in [-0.1, -0.05) is 258 Å². The molecule has 410 valence electrons. The zero-order valence-electron chi connectivity index (χ0n) is 47.7. The summed E-state index contributed by atoms with van der Waals surface area (Å²) in [6.45, 7) is 11.0. The van der Waals surface area contributed by atoms with Crippen LogP contribution in [0.1, 0.15) is 244 Å². The molecule has 0 bridgehead atoms. The SMILES string of the molecule is CCCCCCCCCCC(CCCCCCCC)CN1c2ccc(Br)cc2C(=C(C#N)C#N)c2cc3c(cc21)c(=Nc1ccccc1)c1cc(Br)ccc1n3CC(CCCCCCCC)CCCCCCCCCC. The van der Waals surface area contributed by atoms with Gasteiger partial charge < -0.3 is 9.47 Å². The van der Waals surface area contributed by atoms with Crippen molar-refractivity contribution in [2.24, 2.45) is 16.8 Å². The summed E-state index contributed by atoms with van der Waals surface area (Å²) in [6.07, 6.45) is 41.5. The number of allylic oxidation sites excluding steroid dienone is 1. The van der Waals surface area contributed by atoms with E-state index in [0.29, 0.717) is 11.8 Å². The van der Waals surface area contributed by atoms with Crippen molar-refractivity contribution in [2.75, 3.05) is 11.4 Å².